The molecule has 2 aliphatic heterocycles. The van der Waals surface area contributed by atoms with E-state index in [2.05, 4.69) is 15.0 Å². The molecule has 5 rings (SSSR count). The molecule has 0 radical (unpaired) electrons. The van der Waals surface area contributed by atoms with Crippen molar-refractivity contribution in [2.24, 2.45) is 5.92 Å². The molecule has 0 bridgehead atoms. The Morgan fingerprint density at radius 2 is 2.00 bits per heavy atom. The van der Waals surface area contributed by atoms with Crippen molar-refractivity contribution >= 4 is 5.91 Å². The summed E-state index contributed by atoms with van der Waals surface area (Å²) in [7, 11) is 0. The smallest absolute Gasteiger partial charge is 0.254 e. The Kier molecular flexibility index (Phi) is 3.96. The van der Waals surface area contributed by atoms with Crippen LogP contribution in [-0.4, -0.2) is 57.0 Å². The van der Waals surface area contributed by atoms with Gasteiger partial charge in [0.1, 0.15) is 0 Å². The monoisotopic (exact) mass is 353 g/mol. The molecule has 0 spiro atoms. The van der Waals surface area contributed by atoms with Gasteiger partial charge in [0.15, 0.2) is 5.82 Å². The van der Waals surface area contributed by atoms with Crippen LogP contribution in [0.4, 0.5) is 0 Å². The quantitative estimate of drug-likeness (QED) is 0.821. The van der Waals surface area contributed by atoms with Crippen LogP contribution >= 0.6 is 0 Å². The van der Waals surface area contributed by atoms with Crippen LogP contribution in [0.1, 0.15) is 59.7 Å². The predicted molar refractivity (Wildman–Crippen MR) is 93.5 cm³/mol. The summed E-state index contributed by atoms with van der Waals surface area (Å²) in [6, 6.07) is 3.78. The molecule has 0 N–H and O–H groups in total. The standard InChI is InChI=1S/C19H23N5O2/c25-19(14-5-7-20-8-6-14)24-11-15(12-24)17-21-18(26-22-17)16-2-1-9-23(16)10-13-3-4-13/h5-8,13,15-16H,1-4,9-12H2. The number of aromatic nitrogens is 3. The Morgan fingerprint density at radius 1 is 1.19 bits per heavy atom. The second-order valence-corrected chi connectivity index (χ2v) is 7.73. The summed E-state index contributed by atoms with van der Waals surface area (Å²) < 4.78 is 5.60. The average molecular weight is 353 g/mol. The summed E-state index contributed by atoms with van der Waals surface area (Å²) in [6.07, 6.45) is 8.32. The molecule has 2 aromatic rings. The SMILES string of the molecule is O=C(c1ccncc1)N1CC(c2noc(C3CCCN3CC3CC3)n2)C1. The summed E-state index contributed by atoms with van der Waals surface area (Å²) in [4.78, 5) is 25.4. The fourth-order valence-electron chi connectivity index (χ4n) is 3.99. The highest BCUT2D eigenvalue weighted by Gasteiger charge is 2.38. The number of carbonyl (C=O) groups excluding carboxylic acids is 1. The Labute approximate surface area is 152 Å². The minimum absolute atomic E-state index is 0.0405. The lowest BCUT2D eigenvalue weighted by Gasteiger charge is -2.37. The van der Waals surface area contributed by atoms with Gasteiger partial charge in [-0.3, -0.25) is 14.7 Å². The molecule has 2 saturated heterocycles. The normalized spacial score (nSPS) is 24.0. The van der Waals surface area contributed by atoms with E-state index in [4.69, 9.17) is 9.51 Å². The summed E-state index contributed by atoms with van der Waals surface area (Å²) in [5.41, 5.74) is 0.675. The zero-order chi connectivity index (χ0) is 17.5. The van der Waals surface area contributed by atoms with Crippen molar-refractivity contribution in [2.75, 3.05) is 26.2 Å². The maximum atomic E-state index is 12.4. The minimum Gasteiger partial charge on any atom is -0.338 e. The fourth-order valence-corrected chi connectivity index (χ4v) is 3.99. The van der Waals surface area contributed by atoms with Crippen molar-refractivity contribution in [3.05, 3.63) is 41.8 Å². The molecule has 136 valence electrons. The summed E-state index contributed by atoms with van der Waals surface area (Å²) in [5, 5.41) is 4.22. The van der Waals surface area contributed by atoms with Crippen LogP contribution in [0.5, 0.6) is 0 Å². The third kappa shape index (κ3) is 3.00. The summed E-state index contributed by atoms with van der Waals surface area (Å²) in [5.74, 6) is 2.60. The van der Waals surface area contributed by atoms with Gasteiger partial charge in [0.25, 0.3) is 5.91 Å². The molecule has 3 aliphatic rings. The van der Waals surface area contributed by atoms with E-state index in [1.165, 1.54) is 25.8 Å². The van der Waals surface area contributed by atoms with Crippen molar-refractivity contribution < 1.29 is 9.32 Å². The number of likely N-dealkylation sites (tertiary alicyclic amines) is 2. The maximum absolute atomic E-state index is 12.4. The third-order valence-electron chi connectivity index (χ3n) is 5.76. The number of nitrogens with zero attached hydrogens (tertiary/aromatic N) is 5. The number of amides is 1. The largest absolute Gasteiger partial charge is 0.338 e. The van der Waals surface area contributed by atoms with Crippen LogP contribution in [0.2, 0.25) is 0 Å². The highest BCUT2D eigenvalue weighted by atomic mass is 16.5. The Bertz CT molecular complexity index is 782. The average Bonchev–Trinajstić information content (AvgIpc) is 3.12. The van der Waals surface area contributed by atoms with Gasteiger partial charge in [-0.05, 0) is 50.3 Å². The highest BCUT2D eigenvalue weighted by molar-refractivity contribution is 5.94. The molecule has 1 saturated carbocycles. The molecule has 7 nitrogen and oxygen atoms in total. The number of hydrogen-bond acceptors (Lipinski definition) is 6. The third-order valence-corrected chi connectivity index (χ3v) is 5.76. The van der Waals surface area contributed by atoms with Gasteiger partial charge in [-0.15, -0.1) is 0 Å². The van der Waals surface area contributed by atoms with Crippen LogP contribution in [0, 0.1) is 5.92 Å². The van der Waals surface area contributed by atoms with Crippen LogP contribution < -0.4 is 0 Å². The van der Waals surface area contributed by atoms with Gasteiger partial charge in [-0.2, -0.15) is 4.98 Å². The van der Waals surface area contributed by atoms with Crippen LogP contribution in [0.15, 0.2) is 29.0 Å². The fraction of sp³-hybridized carbons (Fsp3) is 0.579. The van der Waals surface area contributed by atoms with Gasteiger partial charge in [0.05, 0.1) is 12.0 Å². The number of pyridine rings is 1. The van der Waals surface area contributed by atoms with E-state index in [9.17, 15) is 4.79 Å². The lowest BCUT2D eigenvalue weighted by Crippen LogP contribution is -2.48. The molecule has 1 amide bonds. The minimum atomic E-state index is 0.0405. The van der Waals surface area contributed by atoms with E-state index in [1.807, 2.05) is 4.90 Å². The van der Waals surface area contributed by atoms with E-state index in [0.29, 0.717) is 18.7 Å². The number of rotatable bonds is 5. The number of carbonyl (C=O) groups is 1. The molecule has 1 aliphatic carbocycles. The van der Waals surface area contributed by atoms with Crippen LogP contribution in [0.25, 0.3) is 0 Å². The lowest BCUT2D eigenvalue weighted by molar-refractivity contribution is 0.0592. The molecular weight excluding hydrogens is 330 g/mol. The molecular formula is C19H23N5O2. The second kappa shape index (κ2) is 6.46. The van der Waals surface area contributed by atoms with Crippen molar-refractivity contribution in [3.63, 3.8) is 0 Å². The molecule has 1 unspecified atom stereocenters. The Balaban J connectivity index is 1.21. The maximum Gasteiger partial charge on any atom is 0.254 e. The number of hydrogen-bond donors (Lipinski definition) is 0. The van der Waals surface area contributed by atoms with Crippen molar-refractivity contribution in [1.29, 1.82) is 0 Å². The zero-order valence-electron chi connectivity index (χ0n) is 14.8. The van der Waals surface area contributed by atoms with Crippen molar-refractivity contribution in [2.45, 2.75) is 37.6 Å². The summed E-state index contributed by atoms with van der Waals surface area (Å²) in [6.45, 7) is 3.60. The highest BCUT2D eigenvalue weighted by Crippen LogP contribution is 2.37. The van der Waals surface area contributed by atoms with Gasteiger partial charge in [-0.25, -0.2) is 0 Å². The molecule has 2 aromatic heterocycles. The van der Waals surface area contributed by atoms with Gasteiger partial charge in [-0.1, -0.05) is 5.16 Å². The molecule has 7 heteroatoms. The first-order valence-corrected chi connectivity index (χ1v) is 9.55. The molecule has 1 atom stereocenters. The predicted octanol–water partition coefficient (Wildman–Crippen LogP) is 2.25. The Morgan fingerprint density at radius 3 is 2.77 bits per heavy atom. The van der Waals surface area contributed by atoms with Crippen LogP contribution in [0.3, 0.4) is 0 Å². The first-order chi connectivity index (χ1) is 12.8. The first-order valence-electron chi connectivity index (χ1n) is 9.55. The van der Waals surface area contributed by atoms with E-state index >= 15 is 0 Å². The van der Waals surface area contributed by atoms with Gasteiger partial charge in [0, 0.05) is 37.6 Å². The van der Waals surface area contributed by atoms with Crippen molar-refractivity contribution in [3.8, 4) is 0 Å². The molecule has 4 heterocycles. The van der Waals surface area contributed by atoms with Gasteiger partial charge < -0.3 is 9.42 Å². The first kappa shape index (κ1) is 15.9. The lowest BCUT2D eigenvalue weighted by atomic mass is 9.98. The van der Waals surface area contributed by atoms with E-state index < -0.39 is 0 Å². The van der Waals surface area contributed by atoms with Crippen LogP contribution in [-0.2, 0) is 0 Å². The summed E-state index contributed by atoms with van der Waals surface area (Å²) >= 11 is 0. The van der Waals surface area contributed by atoms with Crippen molar-refractivity contribution in [1.82, 2.24) is 24.9 Å². The van der Waals surface area contributed by atoms with Gasteiger partial charge >= 0.3 is 0 Å². The topological polar surface area (TPSA) is 75.4 Å². The zero-order valence-corrected chi connectivity index (χ0v) is 14.8. The van der Waals surface area contributed by atoms with Gasteiger partial charge in [0.2, 0.25) is 5.89 Å². The second-order valence-electron chi connectivity index (χ2n) is 7.73. The van der Waals surface area contributed by atoms with E-state index in [0.717, 1.165) is 30.6 Å². The van der Waals surface area contributed by atoms with E-state index in [1.54, 1.807) is 24.5 Å². The molecule has 3 fully saturated rings. The Hall–Kier alpha value is -2.28. The molecule has 26 heavy (non-hydrogen) atoms. The molecule has 0 aromatic carbocycles. The van der Waals surface area contributed by atoms with E-state index in [-0.39, 0.29) is 17.9 Å².